The Balaban J connectivity index is 2.13. The van der Waals surface area contributed by atoms with Gasteiger partial charge in [-0.15, -0.1) is 0 Å². The number of nitrogens with zero attached hydrogens (tertiary/aromatic N) is 1. The Morgan fingerprint density at radius 3 is 3.06 bits per heavy atom. The number of hydrogen-bond acceptors (Lipinski definition) is 4. The first-order valence-electron chi connectivity index (χ1n) is 5.83. The van der Waals surface area contributed by atoms with E-state index in [0.717, 1.165) is 25.7 Å². The lowest BCUT2D eigenvalue weighted by Gasteiger charge is -2.31. The van der Waals surface area contributed by atoms with Crippen LogP contribution in [-0.2, 0) is 0 Å². The fraction of sp³-hybridized carbons (Fsp3) is 0.636. The molecule has 1 aromatic heterocycles. The summed E-state index contributed by atoms with van der Waals surface area (Å²) in [5.74, 6) is 0.613. The van der Waals surface area contributed by atoms with Gasteiger partial charge in [-0.25, -0.2) is 4.98 Å². The van der Waals surface area contributed by atoms with Gasteiger partial charge in [-0.2, -0.15) is 0 Å². The number of H-pyrrole nitrogens is 1. The number of aromatic amines is 1. The first-order chi connectivity index (χ1) is 8.22. The molecular formula is C11H16ClN3O2. The van der Waals surface area contributed by atoms with Crippen LogP contribution in [0.2, 0.25) is 5.02 Å². The Bertz CT molecular complexity index is 435. The molecule has 0 aromatic carbocycles. The van der Waals surface area contributed by atoms with E-state index in [2.05, 4.69) is 15.3 Å². The highest BCUT2D eigenvalue weighted by molar-refractivity contribution is 6.32. The summed E-state index contributed by atoms with van der Waals surface area (Å²) in [5.41, 5.74) is -0.347. The van der Waals surface area contributed by atoms with Gasteiger partial charge in [0.25, 0.3) is 5.56 Å². The third kappa shape index (κ3) is 2.79. The highest BCUT2D eigenvalue weighted by atomic mass is 35.5. The third-order valence-electron chi connectivity index (χ3n) is 3.26. The SMILES string of the molecule is O=c1[nH]cnc(NC2CCCCC2CO)c1Cl. The van der Waals surface area contributed by atoms with Crippen molar-refractivity contribution in [1.82, 2.24) is 9.97 Å². The van der Waals surface area contributed by atoms with Gasteiger partial charge < -0.3 is 15.4 Å². The molecular weight excluding hydrogens is 242 g/mol. The lowest BCUT2D eigenvalue weighted by Crippen LogP contribution is -2.35. The molecule has 17 heavy (non-hydrogen) atoms. The molecule has 1 aliphatic rings. The summed E-state index contributed by atoms with van der Waals surface area (Å²) in [6.45, 7) is 0.151. The Morgan fingerprint density at radius 1 is 1.53 bits per heavy atom. The van der Waals surface area contributed by atoms with Gasteiger partial charge >= 0.3 is 0 Å². The molecule has 0 amide bonds. The highest BCUT2D eigenvalue weighted by Gasteiger charge is 2.25. The molecule has 6 heteroatoms. The molecule has 0 aliphatic heterocycles. The minimum absolute atomic E-state index is 0.0785. The normalized spacial score (nSPS) is 24.6. The van der Waals surface area contributed by atoms with Gasteiger partial charge in [-0.1, -0.05) is 24.4 Å². The van der Waals surface area contributed by atoms with Crippen LogP contribution in [0.5, 0.6) is 0 Å². The number of nitrogens with one attached hydrogen (secondary N) is 2. The van der Waals surface area contributed by atoms with E-state index in [1.165, 1.54) is 6.33 Å². The second-order valence-corrected chi connectivity index (χ2v) is 4.75. The molecule has 1 aliphatic carbocycles. The Morgan fingerprint density at radius 2 is 2.29 bits per heavy atom. The monoisotopic (exact) mass is 257 g/mol. The van der Waals surface area contributed by atoms with E-state index in [1.807, 2.05) is 0 Å². The van der Waals surface area contributed by atoms with E-state index in [1.54, 1.807) is 0 Å². The lowest BCUT2D eigenvalue weighted by atomic mass is 9.85. The van der Waals surface area contributed by atoms with E-state index in [4.69, 9.17) is 11.6 Å². The quantitative estimate of drug-likeness (QED) is 0.765. The van der Waals surface area contributed by atoms with Crippen molar-refractivity contribution in [3.8, 4) is 0 Å². The molecule has 2 rings (SSSR count). The second kappa shape index (κ2) is 5.51. The first-order valence-corrected chi connectivity index (χ1v) is 6.20. The van der Waals surface area contributed by atoms with Gasteiger partial charge in [-0.3, -0.25) is 4.79 Å². The van der Waals surface area contributed by atoms with E-state index >= 15 is 0 Å². The number of anilines is 1. The fourth-order valence-corrected chi connectivity index (χ4v) is 2.43. The average molecular weight is 258 g/mol. The van der Waals surface area contributed by atoms with Gasteiger partial charge in [0.05, 0.1) is 6.33 Å². The number of halogens is 1. The van der Waals surface area contributed by atoms with Crippen LogP contribution in [0.15, 0.2) is 11.1 Å². The summed E-state index contributed by atoms with van der Waals surface area (Å²) < 4.78 is 0. The molecule has 3 N–H and O–H groups in total. The Kier molecular flexibility index (Phi) is 4.02. The molecule has 2 unspecified atom stereocenters. The van der Waals surface area contributed by atoms with Crippen LogP contribution in [0.4, 0.5) is 5.82 Å². The van der Waals surface area contributed by atoms with Crippen molar-refractivity contribution in [2.45, 2.75) is 31.7 Å². The van der Waals surface area contributed by atoms with Crippen molar-refractivity contribution in [3.05, 3.63) is 21.7 Å². The average Bonchev–Trinajstić information content (AvgIpc) is 2.35. The minimum Gasteiger partial charge on any atom is -0.396 e. The van der Waals surface area contributed by atoms with Gasteiger partial charge in [-0.05, 0) is 12.8 Å². The first kappa shape index (κ1) is 12.4. The summed E-state index contributed by atoms with van der Waals surface area (Å²) in [6.07, 6.45) is 5.55. The van der Waals surface area contributed by atoms with Crippen molar-refractivity contribution >= 4 is 17.4 Å². The summed E-state index contributed by atoms with van der Waals surface area (Å²) in [6, 6.07) is 0.139. The maximum absolute atomic E-state index is 11.3. The molecule has 0 saturated heterocycles. The summed E-state index contributed by atoms with van der Waals surface area (Å²) in [5, 5.41) is 12.5. The van der Waals surface area contributed by atoms with E-state index in [-0.39, 0.29) is 29.1 Å². The number of hydrogen-bond donors (Lipinski definition) is 3. The zero-order valence-electron chi connectivity index (χ0n) is 9.45. The largest absolute Gasteiger partial charge is 0.396 e. The molecule has 1 aromatic rings. The third-order valence-corrected chi connectivity index (χ3v) is 3.61. The van der Waals surface area contributed by atoms with Crippen LogP contribution in [0.1, 0.15) is 25.7 Å². The lowest BCUT2D eigenvalue weighted by molar-refractivity contribution is 0.178. The molecule has 0 radical (unpaired) electrons. The summed E-state index contributed by atoms with van der Waals surface area (Å²) in [7, 11) is 0. The standard InChI is InChI=1S/C11H16ClN3O2/c12-9-10(13-6-14-11(9)17)15-8-4-2-1-3-7(8)5-16/h6-8,16H,1-5H2,(H2,13,14,15,17). The fourth-order valence-electron chi connectivity index (χ4n) is 2.28. The summed E-state index contributed by atoms with van der Waals surface area (Å²) in [4.78, 5) is 17.8. The zero-order valence-corrected chi connectivity index (χ0v) is 10.2. The maximum atomic E-state index is 11.3. The predicted molar refractivity (Wildman–Crippen MR) is 66.3 cm³/mol. The van der Waals surface area contributed by atoms with Crippen molar-refractivity contribution in [3.63, 3.8) is 0 Å². The Labute approximate surface area is 104 Å². The molecule has 0 spiro atoms. The molecule has 2 atom stereocenters. The highest BCUT2D eigenvalue weighted by Crippen LogP contribution is 2.27. The van der Waals surface area contributed by atoms with Crippen LogP contribution in [-0.4, -0.2) is 27.7 Å². The molecule has 94 valence electrons. The Hall–Kier alpha value is -1.07. The minimum atomic E-state index is -0.347. The van der Waals surface area contributed by atoms with E-state index in [0.29, 0.717) is 5.82 Å². The zero-order chi connectivity index (χ0) is 12.3. The number of aliphatic hydroxyl groups excluding tert-OH is 1. The van der Waals surface area contributed by atoms with E-state index in [9.17, 15) is 9.90 Å². The number of aliphatic hydroxyl groups is 1. The predicted octanol–water partition coefficient (Wildman–Crippen LogP) is 1.39. The van der Waals surface area contributed by atoms with Crippen LogP contribution in [0, 0.1) is 5.92 Å². The van der Waals surface area contributed by atoms with Gasteiger partial charge in [0.15, 0.2) is 5.82 Å². The summed E-state index contributed by atoms with van der Waals surface area (Å²) >= 11 is 5.87. The molecule has 0 bridgehead atoms. The van der Waals surface area contributed by atoms with Crippen LogP contribution in [0.25, 0.3) is 0 Å². The van der Waals surface area contributed by atoms with Crippen LogP contribution < -0.4 is 10.9 Å². The molecule has 1 saturated carbocycles. The smallest absolute Gasteiger partial charge is 0.271 e. The number of rotatable bonds is 3. The van der Waals surface area contributed by atoms with Crippen molar-refractivity contribution in [2.24, 2.45) is 5.92 Å². The second-order valence-electron chi connectivity index (χ2n) is 4.37. The molecule has 5 nitrogen and oxygen atoms in total. The van der Waals surface area contributed by atoms with Gasteiger partial charge in [0.2, 0.25) is 0 Å². The van der Waals surface area contributed by atoms with Crippen molar-refractivity contribution < 1.29 is 5.11 Å². The van der Waals surface area contributed by atoms with Gasteiger partial charge in [0, 0.05) is 18.6 Å². The van der Waals surface area contributed by atoms with Gasteiger partial charge in [0.1, 0.15) is 5.02 Å². The molecule has 1 fully saturated rings. The van der Waals surface area contributed by atoms with E-state index < -0.39 is 0 Å². The van der Waals surface area contributed by atoms with Crippen molar-refractivity contribution in [2.75, 3.05) is 11.9 Å². The molecule has 1 heterocycles. The van der Waals surface area contributed by atoms with Crippen LogP contribution in [0.3, 0.4) is 0 Å². The van der Waals surface area contributed by atoms with Crippen molar-refractivity contribution in [1.29, 1.82) is 0 Å². The number of aromatic nitrogens is 2. The maximum Gasteiger partial charge on any atom is 0.271 e. The van der Waals surface area contributed by atoms with Crippen LogP contribution >= 0.6 is 11.6 Å². The topological polar surface area (TPSA) is 78.0 Å².